The Balaban J connectivity index is 0.00000324. The number of carbonyl (C=O) groups excluding carboxylic acids is 1. The topological polar surface area (TPSA) is 50.4 Å². The monoisotopic (exact) mass is 306 g/mol. The van der Waals surface area contributed by atoms with Crippen molar-refractivity contribution in [1.29, 1.82) is 0 Å². The first kappa shape index (κ1) is 18.0. The van der Waals surface area contributed by atoms with Crippen molar-refractivity contribution < 1.29 is 9.53 Å². The standard InChI is InChI=1S/C13H19ClN2O2.ClH/c1-15-7-3-4-13(17)16-9-10-5-6-12(18-2)11(14)8-10;/h5-6,8,15H,3-4,7,9H2,1-2H3,(H,16,17);1H. The van der Waals surface area contributed by atoms with Crippen LogP contribution in [0.4, 0.5) is 0 Å². The molecule has 0 bridgehead atoms. The second-order valence-corrected chi connectivity index (χ2v) is 4.36. The van der Waals surface area contributed by atoms with Crippen LogP contribution in [0.1, 0.15) is 18.4 Å². The molecule has 0 saturated carbocycles. The number of benzene rings is 1. The van der Waals surface area contributed by atoms with Crippen LogP contribution in [0.3, 0.4) is 0 Å². The van der Waals surface area contributed by atoms with Gasteiger partial charge in [-0.2, -0.15) is 0 Å². The molecule has 1 aromatic carbocycles. The molecule has 108 valence electrons. The first-order chi connectivity index (χ1) is 8.67. The highest BCUT2D eigenvalue weighted by Crippen LogP contribution is 2.24. The molecule has 0 heterocycles. The largest absolute Gasteiger partial charge is 0.495 e. The molecular weight excluding hydrogens is 287 g/mol. The average Bonchev–Trinajstić information content (AvgIpc) is 2.37. The van der Waals surface area contributed by atoms with Crippen molar-refractivity contribution >= 4 is 29.9 Å². The first-order valence-electron chi connectivity index (χ1n) is 5.91. The van der Waals surface area contributed by atoms with E-state index >= 15 is 0 Å². The number of methoxy groups -OCH3 is 1. The molecule has 0 saturated heterocycles. The van der Waals surface area contributed by atoms with Crippen molar-refractivity contribution in [2.24, 2.45) is 0 Å². The van der Waals surface area contributed by atoms with Crippen LogP contribution in [0, 0.1) is 0 Å². The molecule has 0 spiro atoms. The van der Waals surface area contributed by atoms with Gasteiger partial charge in [0.15, 0.2) is 0 Å². The normalized spacial score (nSPS) is 9.63. The molecule has 0 atom stereocenters. The Kier molecular flexibility index (Phi) is 9.39. The zero-order chi connectivity index (χ0) is 13.4. The molecule has 0 aliphatic rings. The van der Waals surface area contributed by atoms with E-state index in [4.69, 9.17) is 16.3 Å². The summed E-state index contributed by atoms with van der Waals surface area (Å²) in [5.41, 5.74) is 0.961. The molecule has 0 aromatic heterocycles. The predicted octanol–water partition coefficient (Wildman–Crippen LogP) is 2.39. The Hall–Kier alpha value is -0.970. The number of rotatable bonds is 7. The minimum atomic E-state index is 0. The molecule has 0 fully saturated rings. The number of ether oxygens (including phenoxy) is 1. The first-order valence-corrected chi connectivity index (χ1v) is 6.29. The predicted molar refractivity (Wildman–Crippen MR) is 80.3 cm³/mol. The highest BCUT2D eigenvalue weighted by molar-refractivity contribution is 6.32. The molecule has 4 nitrogen and oxygen atoms in total. The van der Waals surface area contributed by atoms with Gasteiger partial charge in [0.1, 0.15) is 5.75 Å². The third-order valence-corrected chi connectivity index (χ3v) is 2.83. The zero-order valence-corrected chi connectivity index (χ0v) is 12.7. The zero-order valence-electron chi connectivity index (χ0n) is 11.2. The second-order valence-electron chi connectivity index (χ2n) is 3.95. The summed E-state index contributed by atoms with van der Waals surface area (Å²) in [6.07, 6.45) is 1.37. The van der Waals surface area contributed by atoms with Crippen LogP contribution in [0.5, 0.6) is 5.75 Å². The average molecular weight is 307 g/mol. The molecule has 1 rings (SSSR count). The summed E-state index contributed by atoms with van der Waals surface area (Å²) in [6, 6.07) is 5.48. The van der Waals surface area contributed by atoms with E-state index in [0.717, 1.165) is 18.5 Å². The molecule has 2 N–H and O–H groups in total. The van der Waals surface area contributed by atoms with E-state index in [-0.39, 0.29) is 18.3 Å². The van der Waals surface area contributed by atoms with Crippen LogP contribution < -0.4 is 15.4 Å². The quantitative estimate of drug-likeness (QED) is 0.761. The highest BCUT2D eigenvalue weighted by Gasteiger charge is 2.04. The van der Waals surface area contributed by atoms with Gasteiger partial charge >= 0.3 is 0 Å². The Morgan fingerprint density at radius 1 is 1.42 bits per heavy atom. The Labute approximate surface area is 125 Å². The lowest BCUT2D eigenvalue weighted by atomic mass is 10.2. The summed E-state index contributed by atoms with van der Waals surface area (Å²) in [6.45, 7) is 1.34. The Bertz CT molecular complexity index is 400. The van der Waals surface area contributed by atoms with Gasteiger partial charge in [0.2, 0.25) is 5.91 Å². The van der Waals surface area contributed by atoms with Gasteiger partial charge in [-0.3, -0.25) is 4.79 Å². The van der Waals surface area contributed by atoms with Crippen molar-refractivity contribution in [3.8, 4) is 5.75 Å². The third-order valence-electron chi connectivity index (χ3n) is 2.54. The Morgan fingerprint density at radius 2 is 2.16 bits per heavy atom. The van der Waals surface area contributed by atoms with Gasteiger partial charge < -0.3 is 15.4 Å². The van der Waals surface area contributed by atoms with Gasteiger partial charge in [0.05, 0.1) is 12.1 Å². The van der Waals surface area contributed by atoms with Crippen molar-refractivity contribution in [1.82, 2.24) is 10.6 Å². The van der Waals surface area contributed by atoms with Gasteiger partial charge in [0.25, 0.3) is 0 Å². The molecule has 0 unspecified atom stereocenters. The van der Waals surface area contributed by atoms with Crippen LogP contribution in [0.25, 0.3) is 0 Å². The molecule has 0 radical (unpaired) electrons. The number of hydrogen-bond acceptors (Lipinski definition) is 3. The van der Waals surface area contributed by atoms with E-state index in [1.54, 1.807) is 19.2 Å². The fourth-order valence-corrected chi connectivity index (χ4v) is 1.81. The van der Waals surface area contributed by atoms with Crippen molar-refractivity contribution in [2.45, 2.75) is 19.4 Å². The second kappa shape index (κ2) is 9.89. The number of carbonyl (C=O) groups is 1. The van der Waals surface area contributed by atoms with Gasteiger partial charge in [-0.05, 0) is 37.7 Å². The third kappa shape index (κ3) is 6.66. The summed E-state index contributed by atoms with van der Waals surface area (Å²) in [4.78, 5) is 11.5. The SMILES string of the molecule is CNCCCC(=O)NCc1ccc(OC)c(Cl)c1.Cl. The Morgan fingerprint density at radius 3 is 2.74 bits per heavy atom. The van der Waals surface area contributed by atoms with Crippen molar-refractivity contribution in [3.05, 3.63) is 28.8 Å². The minimum absolute atomic E-state index is 0. The molecule has 6 heteroatoms. The summed E-state index contributed by atoms with van der Waals surface area (Å²) >= 11 is 6.00. The smallest absolute Gasteiger partial charge is 0.220 e. The van der Waals surface area contributed by atoms with E-state index in [0.29, 0.717) is 23.7 Å². The highest BCUT2D eigenvalue weighted by atomic mass is 35.5. The molecule has 0 aliphatic carbocycles. The minimum Gasteiger partial charge on any atom is -0.495 e. The lowest BCUT2D eigenvalue weighted by molar-refractivity contribution is -0.121. The van der Waals surface area contributed by atoms with Gasteiger partial charge in [0, 0.05) is 13.0 Å². The number of hydrogen-bond donors (Lipinski definition) is 2. The number of halogens is 2. The van der Waals surface area contributed by atoms with Crippen LogP contribution in [0.2, 0.25) is 5.02 Å². The van der Waals surface area contributed by atoms with E-state index in [1.807, 2.05) is 13.1 Å². The van der Waals surface area contributed by atoms with Crippen molar-refractivity contribution in [2.75, 3.05) is 20.7 Å². The van der Waals surface area contributed by atoms with Crippen LogP contribution in [-0.4, -0.2) is 26.6 Å². The fraction of sp³-hybridized carbons (Fsp3) is 0.462. The lowest BCUT2D eigenvalue weighted by Crippen LogP contribution is -2.23. The lowest BCUT2D eigenvalue weighted by Gasteiger charge is -2.08. The summed E-state index contributed by atoms with van der Waals surface area (Å²) in [7, 11) is 3.45. The van der Waals surface area contributed by atoms with E-state index in [2.05, 4.69) is 10.6 Å². The van der Waals surface area contributed by atoms with Crippen molar-refractivity contribution in [3.63, 3.8) is 0 Å². The molecule has 19 heavy (non-hydrogen) atoms. The van der Waals surface area contributed by atoms with E-state index in [9.17, 15) is 4.79 Å². The van der Waals surface area contributed by atoms with Gasteiger partial charge in [-0.25, -0.2) is 0 Å². The maximum atomic E-state index is 11.5. The summed E-state index contributed by atoms with van der Waals surface area (Å²) < 4.78 is 5.06. The summed E-state index contributed by atoms with van der Waals surface area (Å²) in [5.74, 6) is 0.693. The molecular formula is C13H20Cl2N2O2. The van der Waals surface area contributed by atoms with Crippen LogP contribution in [0.15, 0.2) is 18.2 Å². The van der Waals surface area contributed by atoms with E-state index < -0.39 is 0 Å². The fourth-order valence-electron chi connectivity index (χ4n) is 1.53. The summed E-state index contributed by atoms with van der Waals surface area (Å²) in [5, 5.41) is 6.42. The van der Waals surface area contributed by atoms with Gasteiger partial charge in [-0.15, -0.1) is 12.4 Å². The molecule has 1 amide bonds. The van der Waals surface area contributed by atoms with Crippen LogP contribution >= 0.6 is 24.0 Å². The van der Waals surface area contributed by atoms with Crippen LogP contribution in [-0.2, 0) is 11.3 Å². The molecule has 1 aromatic rings. The van der Waals surface area contributed by atoms with Gasteiger partial charge in [-0.1, -0.05) is 17.7 Å². The van der Waals surface area contributed by atoms with E-state index in [1.165, 1.54) is 0 Å². The maximum absolute atomic E-state index is 11.5. The maximum Gasteiger partial charge on any atom is 0.220 e. The number of nitrogens with one attached hydrogen (secondary N) is 2. The molecule has 0 aliphatic heterocycles. The number of amides is 1.